The molecule has 0 amide bonds. The van der Waals surface area contributed by atoms with Crippen LogP contribution < -0.4 is 0 Å². The first-order chi connectivity index (χ1) is 6.77. The molecule has 0 N–H and O–H groups in total. The van der Waals surface area contributed by atoms with Crippen LogP contribution in [-0.2, 0) is 11.8 Å². The van der Waals surface area contributed by atoms with Crippen LogP contribution in [0.4, 0.5) is 0 Å². The number of fused-ring (bicyclic) bond motifs is 1. The highest BCUT2D eigenvalue weighted by molar-refractivity contribution is 9.08. The highest BCUT2D eigenvalue weighted by Gasteiger charge is 2.08. The largest absolute Gasteiger partial charge is 0.143 e. The van der Waals surface area contributed by atoms with Crippen LogP contribution in [0.15, 0.2) is 17.5 Å². The van der Waals surface area contributed by atoms with Gasteiger partial charge in [0.1, 0.15) is 0 Å². The minimum atomic E-state index is 0.949. The highest BCUT2D eigenvalue weighted by atomic mass is 79.9. The third-order valence-corrected chi connectivity index (χ3v) is 4.38. The van der Waals surface area contributed by atoms with E-state index in [9.17, 15) is 0 Å². The summed E-state index contributed by atoms with van der Waals surface area (Å²) >= 11 is 5.42. The van der Waals surface area contributed by atoms with Crippen LogP contribution in [0.1, 0.15) is 23.6 Å². The standard InChI is InChI=1S/C12H13BrS/c1-3-9-4-5-10(6-13)11-8(2)7-14-12(9)11/h4-5,7H,3,6H2,1-2H3. The number of thiophene rings is 1. The van der Waals surface area contributed by atoms with Gasteiger partial charge in [-0.05, 0) is 40.8 Å². The fourth-order valence-electron chi connectivity index (χ4n) is 1.83. The molecule has 0 aliphatic rings. The molecule has 0 radical (unpaired) electrons. The lowest BCUT2D eigenvalue weighted by Crippen LogP contribution is -1.85. The second-order valence-corrected chi connectivity index (χ2v) is 4.93. The van der Waals surface area contributed by atoms with Crippen LogP contribution in [-0.4, -0.2) is 0 Å². The second kappa shape index (κ2) is 4.03. The van der Waals surface area contributed by atoms with Gasteiger partial charge in [-0.2, -0.15) is 0 Å². The molecular weight excluding hydrogens is 256 g/mol. The quantitative estimate of drug-likeness (QED) is 0.695. The minimum absolute atomic E-state index is 0.949. The van der Waals surface area contributed by atoms with Crippen molar-refractivity contribution in [3.8, 4) is 0 Å². The van der Waals surface area contributed by atoms with Gasteiger partial charge in [0, 0.05) is 10.0 Å². The van der Waals surface area contributed by atoms with Crippen molar-refractivity contribution in [3.05, 3.63) is 34.2 Å². The summed E-state index contributed by atoms with van der Waals surface area (Å²) in [5.41, 5.74) is 4.30. The first kappa shape index (κ1) is 10.2. The van der Waals surface area contributed by atoms with Gasteiger partial charge < -0.3 is 0 Å². The van der Waals surface area contributed by atoms with Gasteiger partial charge in [0.25, 0.3) is 0 Å². The number of hydrogen-bond donors (Lipinski definition) is 0. The van der Waals surface area contributed by atoms with Gasteiger partial charge in [-0.1, -0.05) is 35.0 Å². The third kappa shape index (κ3) is 1.51. The van der Waals surface area contributed by atoms with E-state index in [0.717, 1.165) is 11.8 Å². The maximum Gasteiger partial charge on any atom is 0.0380 e. The maximum atomic E-state index is 3.55. The lowest BCUT2D eigenvalue weighted by Gasteiger charge is -2.04. The van der Waals surface area contributed by atoms with E-state index in [1.54, 1.807) is 0 Å². The molecule has 1 aromatic carbocycles. The van der Waals surface area contributed by atoms with E-state index in [0.29, 0.717) is 0 Å². The van der Waals surface area contributed by atoms with Crippen molar-refractivity contribution in [2.24, 2.45) is 0 Å². The van der Waals surface area contributed by atoms with Gasteiger partial charge in [0.2, 0.25) is 0 Å². The normalized spacial score (nSPS) is 11.1. The first-order valence-electron chi connectivity index (χ1n) is 4.82. The predicted molar refractivity (Wildman–Crippen MR) is 68.6 cm³/mol. The van der Waals surface area contributed by atoms with Crippen LogP contribution in [0, 0.1) is 6.92 Å². The minimum Gasteiger partial charge on any atom is -0.143 e. The van der Waals surface area contributed by atoms with E-state index in [1.807, 2.05) is 11.3 Å². The summed E-state index contributed by atoms with van der Waals surface area (Å²) in [5.74, 6) is 0. The van der Waals surface area contributed by atoms with Gasteiger partial charge >= 0.3 is 0 Å². The molecule has 0 atom stereocenters. The Morgan fingerprint density at radius 1 is 1.29 bits per heavy atom. The van der Waals surface area contributed by atoms with Crippen LogP contribution in [0.25, 0.3) is 10.1 Å². The van der Waals surface area contributed by atoms with Gasteiger partial charge in [0.15, 0.2) is 0 Å². The Morgan fingerprint density at radius 2 is 2.00 bits per heavy atom. The zero-order valence-corrected chi connectivity index (χ0v) is 10.8. The van der Waals surface area contributed by atoms with Crippen molar-refractivity contribution >= 4 is 37.4 Å². The number of benzene rings is 1. The van der Waals surface area contributed by atoms with E-state index in [1.165, 1.54) is 26.8 Å². The third-order valence-electron chi connectivity index (χ3n) is 2.60. The topological polar surface area (TPSA) is 0 Å². The van der Waals surface area contributed by atoms with Gasteiger partial charge in [0.05, 0.1) is 0 Å². The second-order valence-electron chi connectivity index (χ2n) is 3.49. The Kier molecular flexibility index (Phi) is 2.93. The molecule has 0 spiro atoms. The molecule has 1 aromatic heterocycles. The Labute approximate surface area is 97.1 Å². The number of alkyl halides is 1. The number of rotatable bonds is 2. The zero-order valence-electron chi connectivity index (χ0n) is 8.43. The van der Waals surface area contributed by atoms with Crippen LogP contribution in [0.5, 0.6) is 0 Å². The summed E-state index contributed by atoms with van der Waals surface area (Å²) in [5, 5.41) is 4.67. The van der Waals surface area contributed by atoms with E-state index in [2.05, 4.69) is 47.3 Å². The molecule has 14 heavy (non-hydrogen) atoms. The van der Waals surface area contributed by atoms with Crippen molar-refractivity contribution in [3.63, 3.8) is 0 Å². The van der Waals surface area contributed by atoms with E-state index >= 15 is 0 Å². The molecule has 0 saturated carbocycles. The summed E-state index contributed by atoms with van der Waals surface area (Å²) in [7, 11) is 0. The van der Waals surface area contributed by atoms with E-state index < -0.39 is 0 Å². The number of halogens is 1. The molecule has 1 heterocycles. The van der Waals surface area contributed by atoms with Crippen LogP contribution in [0.2, 0.25) is 0 Å². The van der Waals surface area contributed by atoms with Crippen molar-refractivity contribution in [1.29, 1.82) is 0 Å². The Balaban J connectivity index is 2.81. The van der Waals surface area contributed by atoms with Crippen molar-refractivity contribution in [1.82, 2.24) is 0 Å². The fourth-order valence-corrected chi connectivity index (χ4v) is 3.48. The monoisotopic (exact) mass is 268 g/mol. The van der Waals surface area contributed by atoms with Gasteiger partial charge in [-0.15, -0.1) is 11.3 Å². The zero-order chi connectivity index (χ0) is 10.1. The SMILES string of the molecule is CCc1ccc(CBr)c2c(C)csc12. The van der Waals surface area contributed by atoms with Crippen molar-refractivity contribution in [2.45, 2.75) is 25.6 Å². The van der Waals surface area contributed by atoms with Gasteiger partial charge in [-0.25, -0.2) is 0 Å². The lowest BCUT2D eigenvalue weighted by atomic mass is 10.0. The predicted octanol–water partition coefficient (Wildman–Crippen LogP) is 4.67. The number of hydrogen-bond acceptors (Lipinski definition) is 1. The molecule has 2 aromatic rings. The molecular formula is C12H13BrS. The summed E-state index contributed by atoms with van der Waals surface area (Å²) < 4.78 is 1.47. The summed E-state index contributed by atoms with van der Waals surface area (Å²) in [6, 6.07) is 4.50. The average molecular weight is 269 g/mol. The molecule has 2 heteroatoms. The Bertz CT molecular complexity index is 457. The molecule has 0 aliphatic heterocycles. The fraction of sp³-hybridized carbons (Fsp3) is 0.333. The number of aryl methyl sites for hydroxylation is 2. The molecule has 0 nitrogen and oxygen atoms in total. The van der Waals surface area contributed by atoms with Crippen LogP contribution in [0.3, 0.4) is 0 Å². The maximum absolute atomic E-state index is 3.55. The first-order valence-corrected chi connectivity index (χ1v) is 6.82. The Morgan fingerprint density at radius 3 is 2.64 bits per heavy atom. The van der Waals surface area contributed by atoms with E-state index in [4.69, 9.17) is 0 Å². The molecule has 2 rings (SSSR count). The highest BCUT2D eigenvalue weighted by Crippen LogP contribution is 2.32. The molecule has 0 unspecified atom stereocenters. The molecule has 0 fully saturated rings. The van der Waals surface area contributed by atoms with Crippen molar-refractivity contribution in [2.75, 3.05) is 0 Å². The average Bonchev–Trinajstić information content (AvgIpc) is 2.60. The van der Waals surface area contributed by atoms with Crippen LogP contribution >= 0.6 is 27.3 Å². The van der Waals surface area contributed by atoms with E-state index in [-0.39, 0.29) is 0 Å². The smallest absolute Gasteiger partial charge is 0.0380 e. The Hall–Kier alpha value is -0.340. The molecule has 0 aliphatic carbocycles. The van der Waals surface area contributed by atoms with Gasteiger partial charge in [-0.3, -0.25) is 0 Å². The summed E-state index contributed by atoms with van der Waals surface area (Å²) in [4.78, 5) is 0. The molecule has 74 valence electrons. The lowest BCUT2D eigenvalue weighted by molar-refractivity contribution is 1.16. The molecule has 0 saturated heterocycles. The summed E-state index contributed by atoms with van der Waals surface area (Å²) in [6.07, 6.45) is 1.12. The molecule has 0 bridgehead atoms. The summed E-state index contributed by atoms with van der Waals surface area (Å²) in [6.45, 7) is 4.42. The van der Waals surface area contributed by atoms with Crippen molar-refractivity contribution < 1.29 is 0 Å².